The number of nitrogens with zero attached hydrogens (tertiary/aromatic N) is 3. The van der Waals surface area contributed by atoms with Crippen LogP contribution in [0.3, 0.4) is 0 Å². The van der Waals surface area contributed by atoms with Gasteiger partial charge in [-0.05, 0) is 24.5 Å². The fraction of sp³-hybridized carbons (Fsp3) is 0.576. The number of cyclic esters (lactones) is 1. The van der Waals surface area contributed by atoms with E-state index in [0.29, 0.717) is 37.2 Å². The van der Waals surface area contributed by atoms with Crippen molar-refractivity contribution in [2.24, 2.45) is 11.8 Å². The van der Waals surface area contributed by atoms with Crippen LogP contribution in [0.5, 0.6) is 0 Å². The molecule has 5 aliphatic heterocycles. The summed E-state index contributed by atoms with van der Waals surface area (Å²) in [4.78, 5) is 61.3. The Kier molecular flexibility index (Phi) is 10.2. The monoisotopic (exact) mass is 700 g/mol. The van der Waals surface area contributed by atoms with Crippen molar-refractivity contribution in [3.05, 3.63) is 58.6 Å². The summed E-state index contributed by atoms with van der Waals surface area (Å²) in [5, 5.41) is 12.7. The number of ether oxygens (including phenoxy) is 3. The molecule has 5 heterocycles. The van der Waals surface area contributed by atoms with Gasteiger partial charge >= 0.3 is 5.97 Å². The molecular formula is C33H41BrN4O8. The molecule has 13 heteroatoms. The highest BCUT2D eigenvalue weighted by atomic mass is 79.9. The van der Waals surface area contributed by atoms with E-state index in [2.05, 4.69) is 26.1 Å². The molecule has 0 aromatic heterocycles. The van der Waals surface area contributed by atoms with Crippen LogP contribution in [0.1, 0.15) is 30.9 Å². The number of aliphatic hydroxyl groups excluding tert-OH is 1. The number of carbonyl (C=O) groups excluding carboxylic acids is 4. The van der Waals surface area contributed by atoms with Crippen molar-refractivity contribution in [2.45, 2.75) is 43.1 Å². The van der Waals surface area contributed by atoms with Crippen molar-refractivity contribution in [3.8, 4) is 0 Å². The van der Waals surface area contributed by atoms with Crippen molar-refractivity contribution >= 4 is 39.6 Å². The number of rotatable bonds is 7. The molecule has 1 aromatic carbocycles. The summed E-state index contributed by atoms with van der Waals surface area (Å²) in [5.41, 5.74) is -0.611. The molecule has 1 spiro atoms. The largest absolute Gasteiger partial charge is 0.463 e. The smallest absolute Gasteiger partial charge is 0.306 e. The lowest BCUT2D eigenvalue weighted by Gasteiger charge is -2.37. The molecule has 46 heavy (non-hydrogen) atoms. The van der Waals surface area contributed by atoms with E-state index >= 15 is 0 Å². The number of hydrogen-bond donors (Lipinski definition) is 2. The Hall–Kier alpha value is -3.10. The summed E-state index contributed by atoms with van der Waals surface area (Å²) in [7, 11) is 0. The lowest BCUT2D eigenvalue weighted by atomic mass is 9.74. The third-order valence-corrected chi connectivity index (χ3v) is 10.2. The molecule has 6 atom stereocenters. The molecule has 248 valence electrons. The molecule has 0 radical (unpaired) electrons. The van der Waals surface area contributed by atoms with Crippen molar-refractivity contribution in [3.63, 3.8) is 0 Å². The quantitative estimate of drug-likeness (QED) is 0.317. The number of fused-ring (bicyclic) bond motifs is 2. The maximum atomic E-state index is 14.7. The van der Waals surface area contributed by atoms with Crippen LogP contribution >= 0.6 is 15.9 Å². The van der Waals surface area contributed by atoms with Crippen LogP contribution in [0.15, 0.2) is 53.0 Å². The minimum Gasteiger partial charge on any atom is -0.463 e. The Balaban J connectivity index is 1.37. The van der Waals surface area contributed by atoms with Crippen LogP contribution in [0, 0.1) is 11.8 Å². The third kappa shape index (κ3) is 6.40. The predicted molar refractivity (Wildman–Crippen MR) is 169 cm³/mol. The molecule has 0 unspecified atom stereocenters. The van der Waals surface area contributed by atoms with E-state index in [9.17, 15) is 24.3 Å². The van der Waals surface area contributed by atoms with E-state index in [1.54, 1.807) is 11.0 Å². The average molecular weight is 702 g/mol. The number of halogens is 1. The molecular weight excluding hydrogens is 660 g/mol. The van der Waals surface area contributed by atoms with Gasteiger partial charge in [0.1, 0.15) is 24.4 Å². The van der Waals surface area contributed by atoms with Crippen molar-refractivity contribution < 1.29 is 38.5 Å². The minimum atomic E-state index is -1.36. The molecule has 3 amide bonds. The van der Waals surface area contributed by atoms with Crippen LogP contribution in [0.4, 0.5) is 0 Å². The minimum absolute atomic E-state index is 0.0731. The molecule has 0 aliphatic carbocycles. The molecule has 5 bridgehead atoms. The number of likely N-dealkylation sites (tertiary alicyclic amines) is 1. The van der Waals surface area contributed by atoms with Crippen molar-refractivity contribution in [2.75, 3.05) is 65.7 Å². The Bertz CT molecular complexity index is 1370. The summed E-state index contributed by atoms with van der Waals surface area (Å²) >= 11 is 3.60. The number of benzene rings is 1. The molecule has 2 N–H and O–H groups in total. The molecule has 3 saturated heterocycles. The zero-order valence-corrected chi connectivity index (χ0v) is 27.3. The van der Waals surface area contributed by atoms with Crippen LogP contribution < -0.4 is 5.32 Å². The average Bonchev–Trinajstić information content (AvgIpc) is 3.66. The van der Waals surface area contributed by atoms with Gasteiger partial charge in [-0.2, -0.15) is 0 Å². The first kappa shape index (κ1) is 32.8. The molecule has 1 aromatic rings. The lowest BCUT2D eigenvalue weighted by Crippen LogP contribution is -2.57. The number of hydrogen-bond acceptors (Lipinski definition) is 9. The van der Waals surface area contributed by atoms with E-state index in [-0.39, 0.29) is 51.0 Å². The summed E-state index contributed by atoms with van der Waals surface area (Å²) in [6.45, 7) is 3.99. The van der Waals surface area contributed by atoms with Gasteiger partial charge in [0.2, 0.25) is 17.7 Å². The molecule has 12 nitrogen and oxygen atoms in total. The highest BCUT2D eigenvalue weighted by Crippen LogP contribution is 2.58. The van der Waals surface area contributed by atoms with Gasteiger partial charge in [-0.3, -0.25) is 24.1 Å². The number of aliphatic hydroxyl groups is 1. The SMILES string of the molecule is O=C1CC/C=C\CN(CCN2CCOCC2)C(=O)[C@@H]2N(CCCO)C(=O)[C@H]3[C@H](C(=O)N[C@H](c4ccccc4)CO1)[C@H]1O[C@@]23C=C1Br. The van der Waals surface area contributed by atoms with Gasteiger partial charge in [0.25, 0.3) is 0 Å². The first-order valence-corrected chi connectivity index (χ1v) is 16.9. The normalized spacial score (nSPS) is 33.1. The number of carbonyl (C=O) groups is 4. The molecule has 0 saturated carbocycles. The number of morpholine rings is 1. The number of nitrogens with one attached hydrogen (secondary N) is 1. The van der Waals surface area contributed by atoms with Crippen LogP contribution in [-0.2, 0) is 33.4 Å². The second-order valence-corrected chi connectivity index (χ2v) is 13.3. The summed E-state index contributed by atoms with van der Waals surface area (Å²) in [6, 6.07) is 7.55. The first-order chi connectivity index (χ1) is 22.3. The van der Waals surface area contributed by atoms with Crippen molar-refractivity contribution in [1.29, 1.82) is 0 Å². The summed E-state index contributed by atoms with van der Waals surface area (Å²) < 4.78 is 18.3. The van der Waals surface area contributed by atoms with Crippen LogP contribution in [0.2, 0.25) is 0 Å². The van der Waals surface area contributed by atoms with Gasteiger partial charge in [0, 0.05) is 56.8 Å². The summed E-state index contributed by atoms with van der Waals surface area (Å²) in [6.07, 6.45) is 5.62. The van der Waals surface area contributed by atoms with Crippen LogP contribution in [0.25, 0.3) is 0 Å². The topological polar surface area (TPSA) is 138 Å². The fourth-order valence-corrected chi connectivity index (χ4v) is 8.01. The third-order valence-electron chi connectivity index (χ3n) is 9.56. The van der Waals surface area contributed by atoms with Gasteiger partial charge in [0.05, 0.1) is 31.1 Å². The van der Waals surface area contributed by atoms with Gasteiger partial charge in [-0.15, -0.1) is 0 Å². The Morgan fingerprint density at radius 1 is 1.00 bits per heavy atom. The van der Waals surface area contributed by atoms with Crippen LogP contribution in [-0.4, -0.2) is 127 Å². The Morgan fingerprint density at radius 3 is 2.54 bits per heavy atom. The maximum Gasteiger partial charge on any atom is 0.306 e. The number of esters is 1. The van der Waals surface area contributed by atoms with E-state index in [4.69, 9.17) is 14.2 Å². The lowest BCUT2D eigenvalue weighted by molar-refractivity contribution is -0.148. The standard InChI is InChI=1S/C33H41BrN4O8/c34-23-20-33-27-26(28(23)46-33)30(41)35-24(22-8-3-1-4-9-22)21-45-25(40)10-5-2-6-11-37(14-13-36-15-18-44-19-16-36)32(43)29(33)38(31(27)42)12-7-17-39/h1-4,6,8-9,20,24,26-29,39H,5,7,10-19,21H2,(H,35,41)/b6-2-/t24-,26-,27+,28-,29-,33+/m0/s1. The molecule has 6 rings (SSSR count). The first-order valence-electron chi connectivity index (χ1n) is 16.1. The fourth-order valence-electron chi connectivity index (χ4n) is 7.27. The van der Waals surface area contributed by atoms with E-state index in [0.717, 1.165) is 18.7 Å². The van der Waals surface area contributed by atoms with E-state index in [1.165, 1.54) is 4.90 Å². The Morgan fingerprint density at radius 2 is 1.78 bits per heavy atom. The summed E-state index contributed by atoms with van der Waals surface area (Å²) in [5.74, 6) is -3.33. The van der Waals surface area contributed by atoms with Gasteiger partial charge in [-0.1, -0.05) is 58.4 Å². The van der Waals surface area contributed by atoms with E-state index in [1.807, 2.05) is 42.5 Å². The Labute approximate surface area is 276 Å². The number of amides is 3. The van der Waals surface area contributed by atoms with Gasteiger partial charge in [0.15, 0.2) is 0 Å². The van der Waals surface area contributed by atoms with Gasteiger partial charge < -0.3 is 34.4 Å². The number of allylic oxidation sites excluding steroid dienone is 1. The van der Waals surface area contributed by atoms with Crippen molar-refractivity contribution in [1.82, 2.24) is 20.0 Å². The van der Waals surface area contributed by atoms with Gasteiger partial charge in [-0.25, -0.2) is 0 Å². The zero-order chi connectivity index (χ0) is 32.3. The highest BCUT2D eigenvalue weighted by Gasteiger charge is 2.74. The molecule has 3 fully saturated rings. The second-order valence-electron chi connectivity index (χ2n) is 12.3. The zero-order valence-electron chi connectivity index (χ0n) is 25.7. The maximum absolute atomic E-state index is 14.7. The highest BCUT2D eigenvalue weighted by molar-refractivity contribution is 9.11. The van der Waals surface area contributed by atoms with E-state index < -0.39 is 47.5 Å². The molecule has 5 aliphatic rings. The predicted octanol–water partition coefficient (Wildman–Crippen LogP) is 1.15. The second kappa shape index (κ2) is 14.3.